The van der Waals surface area contributed by atoms with Gasteiger partial charge in [0.1, 0.15) is 75.4 Å². The van der Waals surface area contributed by atoms with E-state index in [0.29, 0.717) is 154 Å². The molecule has 0 aliphatic rings. The summed E-state index contributed by atoms with van der Waals surface area (Å²) < 4.78 is 65.8. The van der Waals surface area contributed by atoms with Gasteiger partial charge in [-0.05, 0) is 43.3 Å². The lowest BCUT2D eigenvalue weighted by molar-refractivity contribution is 0.110. The number of rotatable bonds is 29. The van der Waals surface area contributed by atoms with Crippen molar-refractivity contribution >= 4 is 44.8 Å². The quantitative estimate of drug-likeness (QED) is 0.0353. The zero-order valence-corrected chi connectivity index (χ0v) is 40.0. The Labute approximate surface area is 403 Å². The van der Waals surface area contributed by atoms with E-state index in [1.165, 1.54) is 12.7 Å². The molecule has 0 radical (unpaired) electrons. The molecular formula is C51H60N6O12. The number of hydrogen-bond acceptors (Lipinski definition) is 18. The molecule has 0 aliphatic heterocycles. The molecule has 366 valence electrons. The van der Waals surface area contributed by atoms with E-state index in [2.05, 4.69) is 42.4 Å². The molecule has 6 aromatic rings. The second kappa shape index (κ2) is 29.6. The summed E-state index contributed by atoms with van der Waals surface area (Å²) in [7, 11) is 8.10. The summed E-state index contributed by atoms with van der Waals surface area (Å²) in [6.45, 7) is 7.65. The smallest absolute Gasteiger partial charge is 0.163 e. The fourth-order valence-electron chi connectivity index (χ4n) is 6.27. The topological polar surface area (TPSA) is 186 Å². The summed E-state index contributed by atoms with van der Waals surface area (Å²) in [5.74, 6) is 9.99. The van der Waals surface area contributed by atoms with Crippen molar-refractivity contribution in [1.29, 1.82) is 0 Å². The normalized spacial score (nSPS) is 10.7. The first-order valence-corrected chi connectivity index (χ1v) is 22.0. The number of methoxy groups -OCH3 is 5. The highest BCUT2D eigenvalue weighted by Gasteiger charge is 2.16. The average Bonchev–Trinajstić information content (AvgIpc) is 3.36. The van der Waals surface area contributed by atoms with Gasteiger partial charge >= 0.3 is 0 Å². The van der Waals surface area contributed by atoms with Crippen LogP contribution in [-0.4, -0.2) is 141 Å². The molecule has 0 aliphatic carbocycles. The van der Waals surface area contributed by atoms with Gasteiger partial charge in [-0.3, -0.25) is 0 Å². The molecule has 18 heteroatoms. The summed E-state index contributed by atoms with van der Waals surface area (Å²) in [6.07, 6.45) is 14.3. The van der Waals surface area contributed by atoms with Crippen molar-refractivity contribution in [3.8, 4) is 59.2 Å². The van der Waals surface area contributed by atoms with Crippen LogP contribution in [0.25, 0.3) is 21.8 Å². The molecule has 0 saturated heterocycles. The van der Waals surface area contributed by atoms with Crippen LogP contribution >= 0.6 is 0 Å². The predicted molar refractivity (Wildman–Crippen MR) is 263 cm³/mol. The Morgan fingerprint density at radius 2 is 0.783 bits per heavy atom. The molecule has 0 unspecified atom stereocenters. The molecule has 2 N–H and O–H groups in total. The van der Waals surface area contributed by atoms with Crippen LogP contribution in [0.4, 0.5) is 23.0 Å². The van der Waals surface area contributed by atoms with Gasteiger partial charge < -0.3 is 67.5 Å². The number of terminal acetylenes is 2. The highest BCUT2D eigenvalue weighted by atomic mass is 16.6. The number of aromatic nitrogens is 4. The van der Waals surface area contributed by atoms with Gasteiger partial charge in [-0.25, -0.2) is 19.9 Å². The third kappa shape index (κ3) is 16.8. The second-order valence-electron chi connectivity index (χ2n) is 14.4. The molecule has 0 atom stereocenters. The maximum absolute atomic E-state index is 5.91. The van der Waals surface area contributed by atoms with Gasteiger partial charge in [0.05, 0.1) is 50.7 Å². The Bertz CT molecular complexity index is 2600. The molecule has 0 spiro atoms. The number of nitrogens with zero attached hydrogens (tertiary/aromatic N) is 4. The molecule has 2 heterocycles. The van der Waals surface area contributed by atoms with Crippen LogP contribution in [0.5, 0.6) is 34.5 Å². The zero-order valence-electron chi connectivity index (χ0n) is 40.0. The van der Waals surface area contributed by atoms with Crippen molar-refractivity contribution in [2.75, 3.05) is 132 Å². The first-order chi connectivity index (χ1) is 33.9. The third-order valence-electron chi connectivity index (χ3n) is 9.51. The number of fused-ring (bicyclic) bond motifs is 2. The van der Waals surface area contributed by atoms with Gasteiger partial charge in [-0.2, -0.15) is 0 Å². The Morgan fingerprint density at radius 3 is 1.14 bits per heavy atom. The molecule has 0 amide bonds. The van der Waals surface area contributed by atoms with E-state index < -0.39 is 0 Å². The summed E-state index contributed by atoms with van der Waals surface area (Å²) in [5, 5.41) is 8.16. The highest BCUT2D eigenvalue weighted by molar-refractivity contribution is 5.94. The van der Waals surface area contributed by atoms with Crippen molar-refractivity contribution in [2.45, 2.75) is 6.92 Å². The summed E-state index contributed by atoms with van der Waals surface area (Å²) in [4.78, 5) is 17.7. The minimum absolute atomic E-state index is 0.367. The molecular weight excluding hydrogens is 889 g/mol. The number of benzene rings is 4. The Morgan fingerprint density at radius 1 is 0.420 bits per heavy atom. The van der Waals surface area contributed by atoms with E-state index in [4.69, 9.17) is 69.7 Å². The third-order valence-corrected chi connectivity index (χ3v) is 9.51. The average molecular weight is 949 g/mol. The summed E-state index contributed by atoms with van der Waals surface area (Å²) >= 11 is 0. The lowest BCUT2D eigenvalue weighted by Crippen LogP contribution is -2.09. The van der Waals surface area contributed by atoms with Crippen molar-refractivity contribution in [1.82, 2.24) is 19.9 Å². The van der Waals surface area contributed by atoms with Crippen LogP contribution in [0.3, 0.4) is 0 Å². The molecule has 0 fully saturated rings. The fraction of sp³-hybridized carbons (Fsp3) is 0.373. The lowest BCUT2D eigenvalue weighted by Gasteiger charge is -2.15. The van der Waals surface area contributed by atoms with E-state index in [-0.39, 0.29) is 0 Å². The molecule has 18 nitrogen and oxygen atoms in total. The van der Waals surface area contributed by atoms with Crippen molar-refractivity contribution < 1.29 is 56.8 Å². The van der Waals surface area contributed by atoms with Crippen LogP contribution in [-0.2, 0) is 28.4 Å². The maximum Gasteiger partial charge on any atom is 0.163 e. The molecule has 0 bridgehead atoms. The molecule has 2 aromatic heterocycles. The van der Waals surface area contributed by atoms with Crippen molar-refractivity contribution in [3.05, 3.63) is 84.4 Å². The minimum atomic E-state index is 0.367. The van der Waals surface area contributed by atoms with Crippen LogP contribution in [0.1, 0.15) is 18.1 Å². The van der Waals surface area contributed by atoms with Gasteiger partial charge in [0.15, 0.2) is 23.0 Å². The van der Waals surface area contributed by atoms with E-state index in [1.807, 2.05) is 55.5 Å². The van der Waals surface area contributed by atoms with E-state index in [1.54, 1.807) is 47.7 Å². The largest absolute Gasteiger partial charge is 0.491 e. The molecule has 4 aromatic carbocycles. The van der Waals surface area contributed by atoms with Gasteiger partial charge in [-0.1, -0.05) is 11.8 Å². The Hall–Kier alpha value is -7.16. The number of anilines is 4. The Kier molecular flexibility index (Phi) is 22.6. The number of ether oxygens (including phenoxy) is 12. The Balaban J connectivity index is 0.000000258. The molecule has 0 saturated carbocycles. The van der Waals surface area contributed by atoms with Gasteiger partial charge in [0.25, 0.3) is 0 Å². The van der Waals surface area contributed by atoms with Gasteiger partial charge in [0.2, 0.25) is 0 Å². The standard InChI is InChI=1S/C26H31N3O6.C25H29N3O6/c1-5-19-13-20(15-21(14-19)33-12-9-32-6-2)29-26-22-16-24(34-10-7-30-3)25(35-11-8-31-4)17-23(22)27-18-28-26;1-5-18-12-19(14-20(13-18)32-9-6-29-2)28-25-21-15-23(33-10-7-30-3)24(34-11-8-31-4)16-22(21)26-17-27-25/h1,13-18H,6-12H2,2-4H3,(H,27,28,29);1,12-17H,6-11H2,2-4H3,(H,26,27,28). The van der Waals surface area contributed by atoms with Crippen LogP contribution in [0.15, 0.2) is 73.3 Å². The lowest BCUT2D eigenvalue weighted by atomic mass is 10.1. The second-order valence-corrected chi connectivity index (χ2v) is 14.4. The number of nitrogens with one attached hydrogen (secondary N) is 2. The predicted octanol–water partition coefficient (Wildman–Crippen LogP) is 7.25. The first-order valence-electron chi connectivity index (χ1n) is 22.0. The molecule has 69 heavy (non-hydrogen) atoms. The maximum atomic E-state index is 5.91. The van der Waals surface area contributed by atoms with Crippen LogP contribution in [0.2, 0.25) is 0 Å². The zero-order chi connectivity index (χ0) is 49.1. The molecule has 6 rings (SSSR count). The van der Waals surface area contributed by atoms with E-state index in [9.17, 15) is 0 Å². The van der Waals surface area contributed by atoms with Gasteiger partial charge in [-0.15, -0.1) is 12.8 Å². The van der Waals surface area contributed by atoms with Crippen molar-refractivity contribution in [2.24, 2.45) is 0 Å². The van der Waals surface area contributed by atoms with E-state index in [0.717, 1.165) is 22.1 Å². The minimum Gasteiger partial charge on any atom is -0.491 e. The SMILES string of the molecule is C#Cc1cc(Nc2ncnc3cc(OCCOC)c(OCCOC)cc23)cc(OCCOC)c1.C#Cc1cc(Nc2ncnc3cc(OCCOC)c(OCCOC)cc23)cc(OCCOCC)c1. The fourth-order valence-corrected chi connectivity index (χ4v) is 6.27. The summed E-state index contributed by atoms with van der Waals surface area (Å²) in [5.41, 5.74) is 4.19. The van der Waals surface area contributed by atoms with E-state index >= 15 is 0 Å². The van der Waals surface area contributed by atoms with Crippen molar-refractivity contribution in [3.63, 3.8) is 0 Å². The van der Waals surface area contributed by atoms with Crippen LogP contribution < -0.4 is 39.1 Å². The summed E-state index contributed by atoms with van der Waals surface area (Å²) in [6, 6.07) is 18.3. The first kappa shape index (κ1) is 52.8. The monoisotopic (exact) mass is 948 g/mol. The highest BCUT2D eigenvalue weighted by Crippen LogP contribution is 2.37. The number of hydrogen-bond donors (Lipinski definition) is 2. The van der Waals surface area contributed by atoms with Crippen LogP contribution in [0, 0.1) is 24.7 Å². The van der Waals surface area contributed by atoms with Gasteiger partial charge in [0, 0.05) is 99.7 Å².